The largest absolute Gasteiger partial charge is 0.368 e. The molecule has 0 aliphatic carbocycles. The average molecular weight is 558 g/mol. The smallest absolute Gasteiger partial charge is 0.259 e. The van der Waals surface area contributed by atoms with Crippen molar-refractivity contribution in [2.24, 2.45) is 9.98 Å². The third kappa shape index (κ3) is 5.44. The van der Waals surface area contributed by atoms with Crippen LogP contribution in [0.3, 0.4) is 0 Å². The van der Waals surface area contributed by atoms with Crippen molar-refractivity contribution in [1.29, 1.82) is 0 Å². The van der Waals surface area contributed by atoms with Crippen LogP contribution < -0.4 is 4.90 Å². The Balaban J connectivity index is 1.11. The Labute approximate surface area is 237 Å². The summed E-state index contributed by atoms with van der Waals surface area (Å²) in [5.74, 6) is 1.22. The summed E-state index contributed by atoms with van der Waals surface area (Å²) >= 11 is 7.53. The number of hydrogen-bond acceptors (Lipinski definition) is 6. The van der Waals surface area contributed by atoms with Crippen molar-refractivity contribution >= 4 is 57.6 Å². The molecule has 1 atom stereocenters. The van der Waals surface area contributed by atoms with Gasteiger partial charge in [0.1, 0.15) is 11.9 Å². The molecule has 3 aliphatic rings. The Morgan fingerprint density at radius 2 is 1.64 bits per heavy atom. The molecule has 3 heterocycles. The fourth-order valence-electron chi connectivity index (χ4n) is 5.09. The number of benzene rings is 3. The van der Waals surface area contributed by atoms with Gasteiger partial charge in [-0.05, 0) is 48.4 Å². The number of nitrogens with zero attached hydrogens (tertiary/aromatic N) is 5. The summed E-state index contributed by atoms with van der Waals surface area (Å²) in [5.41, 5.74) is 3.91. The zero-order valence-corrected chi connectivity index (χ0v) is 22.9. The van der Waals surface area contributed by atoms with Gasteiger partial charge in [0.2, 0.25) is 5.91 Å². The molecule has 39 heavy (non-hydrogen) atoms. The lowest BCUT2D eigenvalue weighted by molar-refractivity contribution is -0.131. The maximum Gasteiger partial charge on any atom is 0.259 e. The summed E-state index contributed by atoms with van der Waals surface area (Å²) in [5, 5.41) is 1.30. The Morgan fingerprint density at radius 1 is 0.923 bits per heavy atom. The lowest BCUT2D eigenvalue weighted by Crippen LogP contribution is -2.49. The molecule has 0 unspecified atom stereocenters. The van der Waals surface area contributed by atoms with Gasteiger partial charge in [0.05, 0.1) is 5.69 Å². The van der Waals surface area contributed by atoms with Crippen molar-refractivity contribution < 1.29 is 9.59 Å². The van der Waals surface area contributed by atoms with Crippen molar-refractivity contribution in [3.63, 3.8) is 0 Å². The highest BCUT2D eigenvalue weighted by molar-refractivity contribution is 8.13. The van der Waals surface area contributed by atoms with E-state index in [9.17, 15) is 9.59 Å². The number of piperazine rings is 1. The molecule has 0 radical (unpaired) electrons. The lowest BCUT2D eigenvalue weighted by Gasteiger charge is -2.36. The predicted octanol–water partition coefficient (Wildman–Crippen LogP) is 5.36. The first-order valence-electron chi connectivity index (χ1n) is 13.1. The van der Waals surface area contributed by atoms with Gasteiger partial charge in [-0.1, -0.05) is 65.8 Å². The molecule has 3 aliphatic heterocycles. The highest BCUT2D eigenvalue weighted by atomic mass is 35.5. The van der Waals surface area contributed by atoms with Gasteiger partial charge in [-0.25, -0.2) is 9.89 Å². The molecule has 3 aromatic rings. The van der Waals surface area contributed by atoms with E-state index in [2.05, 4.69) is 17.0 Å². The normalized spacial score (nSPS) is 18.4. The van der Waals surface area contributed by atoms with Crippen LogP contribution in [-0.2, 0) is 15.3 Å². The molecule has 0 spiro atoms. The Kier molecular flexibility index (Phi) is 7.39. The van der Waals surface area contributed by atoms with Crippen molar-refractivity contribution in [2.45, 2.75) is 24.6 Å². The fourth-order valence-corrected chi connectivity index (χ4v) is 6.17. The van der Waals surface area contributed by atoms with E-state index in [4.69, 9.17) is 21.6 Å². The van der Waals surface area contributed by atoms with E-state index in [0.717, 1.165) is 29.9 Å². The highest BCUT2D eigenvalue weighted by Crippen LogP contribution is 2.35. The quantitative estimate of drug-likeness (QED) is 0.409. The second-order valence-electron chi connectivity index (χ2n) is 9.71. The molecule has 2 amide bonds. The minimum atomic E-state index is -0.595. The van der Waals surface area contributed by atoms with Crippen LogP contribution in [0.4, 0.5) is 11.4 Å². The number of aliphatic imine (C=N–C) groups is 2. The summed E-state index contributed by atoms with van der Waals surface area (Å²) in [7, 11) is 0. The van der Waals surface area contributed by atoms with E-state index < -0.39 is 6.04 Å². The van der Waals surface area contributed by atoms with Crippen molar-refractivity contribution in [3.05, 3.63) is 95.0 Å². The average Bonchev–Trinajstić information content (AvgIpc) is 3.32. The summed E-state index contributed by atoms with van der Waals surface area (Å²) in [6.07, 6.45) is 0.673. The summed E-state index contributed by atoms with van der Waals surface area (Å²) in [6, 6.07) is 25.1. The molecule has 1 fully saturated rings. The number of amidine groups is 2. The molecule has 0 saturated carbocycles. The molecule has 7 nitrogen and oxygen atoms in total. The number of fused-ring (bicyclic) bond motifs is 3. The van der Waals surface area contributed by atoms with Gasteiger partial charge in [0, 0.05) is 54.6 Å². The Bertz CT molecular complexity index is 1440. The van der Waals surface area contributed by atoms with Gasteiger partial charge in [0.25, 0.3) is 5.91 Å². The molecule has 198 valence electrons. The standard InChI is InChI=1S/C30H28ClN5O2S/c31-22-12-10-21(11-13-22)20-39-30-33-25-9-5-4-8-24(25)28-32-26(29(38)36(28)30)14-15-27(37)35-18-16-34(17-19-35)23-6-2-1-3-7-23/h1-13,26H,14-20H2/t26-/m1/s1. The molecule has 9 heteroatoms. The van der Waals surface area contributed by atoms with Gasteiger partial charge in [-0.3, -0.25) is 14.6 Å². The molecule has 1 saturated heterocycles. The third-order valence-corrected chi connectivity index (χ3v) is 8.48. The van der Waals surface area contributed by atoms with Gasteiger partial charge in [-0.2, -0.15) is 0 Å². The highest BCUT2D eigenvalue weighted by Gasteiger charge is 2.41. The van der Waals surface area contributed by atoms with Gasteiger partial charge in [-0.15, -0.1) is 0 Å². The molecule has 3 aromatic carbocycles. The molecule has 0 aromatic heterocycles. The van der Waals surface area contributed by atoms with Gasteiger partial charge in [0.15, 0.2) is 5.17 Å². The predicted molar refractivity (Wildman–Crippen MR) is 158 cm³/mol. The summed E-state index contributed by atoms with van der Waals surface area (Å²) in [4.78, 5) is 42.1. The monoisotopic (exact) mass is 557 g/mol. The number of para-hydroxylation sites is 2. The van der Waals surface area contributed by atoms with Crippen LogP contribution >= 0.6 is 23.4 Å². The first kappa shape index (κ1) is 25.6. The van der Waals surface area contributed by atoms with E-state index in [1.165, 1.54) is 17.4 Å². The number of carbonyl (C=O) groups excluding carboxylic acids is 2. The molecule has 0 bridgehead atoms. The number of anilines is 1. The zero-order valence-electron chi connectivity index (χ0n) is 21.4. The van der Waals surface area contributed by atoms with Crippen molar-refractivity contribution in [3.8, 4) is 0 Å². The van der Waals surface area contributed by atoms with E-state index in [1.54, 1.807) is 4.90 Å². The lowest BCUT2D eigenvalue weighted by atomic mass is 10.1. The van der Waals surface area contributed by atoms with E-state index in [0.29, 0.717) is 47.7 Å². The number of thioether (sulfide) groups is 1. The molecule has 6 rings (SSSR count). The van der Waals surface area contributed by atoms with Crippen LogP contribution in [0.25, 0.3) is 0 Å². The van der Waals surface area contributed by atoms with Crippen LogP contribution in [0.1, 0.15) is 24.0 Å². The minimum Gasteiger partial charge on any atom is -0.368 e. The van der Waals surface area contributed by atoms with Gasteiger partial charge >= 0.3 is 0 Å². The molecular weight excluding hydrogens is 530 g/mol. The van der Waals surface area contributed by atoms with E-state index >= 15 is 0 Å². The van der Waals surface area contributed by atoms with Crippen molar-refractivity contribution in [1.82, 2.24) is 9.80 Å². The number of halogens is 1. The van der Waals surface area contributed by atoms with Crippen LogP contribution in [-0.4, -0.2) is 64.8 Å². The number of carbonyl (C=O) groups is 2. The van der Waals surface area contributed by atoms with E-state index in [1.807, 2.05) is 71.6 Å². The number of hydrogen-bond donors (Lipinski definition) is 0. The minimum absolute atomic E-state index is 0.0759. The van der Waals surface area contributed by atoms with Gasteiger partial charge < -0.3 is 9.80 Å². The van der Waals surface area contributed by atoms with Crippen LogP contribution in [0, 0.1) is 0 Å². The van der Waals surface area contributed by atoms with Crippen LogP contribution in [0.5, 0.6) is 0 Å². The topological polar surface area (TPSA) is 68.6 Å². The number of amides is 2. The van der Waals surface area contributed by atoms with E-state index in [-0.39, 0.29) is 11.8 Å². The fraction of sp³-hybridized carbons (Fsp3) is 0.267. The first-order valence-corrected chi connectivity index (χ1v) is 14.5. The summed E-state index contributed by atoms with van der Waals surface area (Å²) in [6.45, 7) is 2.96. The maximum absolute atomic E-state index is 13.6. The Hall–Kier alpha value is -3.62. The SMILES string of the molecule is O=C(CC[C@H]1N=C2c3ccccc3N=C(SCc3ccc(Cl)cc3)N2C1=O)N1CCN(c2ccccc2)CC1. The molecular formula is C30H28ClN5O2S. The zero-order chi connectivity index (χ0) is 26.8. The summed E-state index contributed by atoms with van der Waals surface area (Å²) < 4.78 is 0. The Morgan fingerprint density at radius 3 is 2.41 bits per heavy atom. The van der Waals surface area contributed by atoms with Crippen LogP contribution in [0.15, 0.2) is 88.8 Å². The maximum atomic E-state index is 13.6. The third-order valence-electron chi connectivity index (χ3n) is 7.21. The molecule has 0 N–H and O–H groups in total. The number of rotatable bonds is 6. The van der Waals surface area contributed by atoms with Crippen LogP contribution in [0.2, 0.25) is 5.02 Å². The second kappa shape index (κ2) is 11.2. The second-order valence-corrected chi connectivity index (χ2v) is 11.1. The first-order chi connectivity index (χ1) is 19.1. The van der Waals surface area contributed by atoms with Crippen molar-refractivity contribution in [2.75, 3.05) is 31.1 Å².